The molecule has 0 aromatic heterocycles. The van der Waals surface area contributed by atoms with Gasteiger partial charge < -0.3 is 47.8 Å². The van der Waals surface area contributed by atoms with Crippen molar-refractivity contribution in [1.82, 2.24) is 31.9 Å². The molecule has 42 heavy (non-hydrogen) atoms. The average Bonchev–Trinajstić information content (AvgIpc) is 3.32. The lowest BCUT2D eigenvalue weighted by Crippen LogP contribution is -2.56. The van der Waals surface area contributed by atoms with Crippen LogP contribution in [0.3, 0.4) is 0 Å². The number of carbonyl (C=O) groups excluding carboxylic acids is 6. The van der Waals surface area contributed by atoms with Crippen LogP contribution in [-0.4, -0.2) is 102 Å². The first-order chi connectivity index (χ1) is 19.6. The Bertz CT molecular complexity index is 989. The number of aliphatic hydroxyl groups is 1. The monoisotopic (exact) mass is 599 g/mol. The van der Waals surface area contributed by atoms with Gasteiger partial charge in [0.05, 0.1) is 25.2 Å². The Balaban J connectivity index is 2.81. The van der Waals surface area contributed by atoms with Gasteiger partial charge in [0, 0.05) is 13.0 Å². The molecule has 0 bridgehead atoms. The van der Waals surface area contributed by atoms with E-state index in [2.05, 4.69) is 31.9 Å². The summed E-state index contributed by atoms with van der Waals surface area (Å²) in [7, 11) is 0. The van der Waals surface area contributed by atoms with Gasteiger partial charge in [-0.15, -0.1) is 0 Å². The Morgan fingerprint density at radius 2 is 1.36 bits per heavy atom. The molecule has 1 rings (SSSR count). The Hall–Kier alpha value is -3.79. The summed E-state index contributed by atoms with van der Waals surface area (Å²) in [6.07, 6.45) is -0.552. The molecule has 1 aliphatic rings. The smallest absolute Gasteiger partial charge is 0.326 e. The number of nitrogens with one attached hydrogen (secondary N) is 6. The predicted octanol–water partition coefficient (Wildman–Crippen LogP) is -3.16. The molecule has 1 unspecified atom stereocenters. The van der Waals surface area contributed by atoms with Crippen molar-refractivity contribution in [2.24, 2.45) is 17.6 Å². The topological polar surface area (TPSA) is 258 Å². The van der Waals surface area contributed by atoms with Crippen molar-refractivity contribution in [1.29, 1.82) is 0 Å². The molecule has 0 saturated carbocycles. The summed E-state index contributed by atoms with van der Waals surface area (Å²) in [5.41, 5.74) is 5.21. The number of rotatable bonds is 18. The summed E-state index contributed by atoms with van der Waals surface area (Å²) in [4.78, 5) is 85.7. The van der Waals surface area contributed by atoms with Crippen molar-refractivity contribution in [3.8, 4) is 0 Å². The third kappa shape index (κ3) is 14.2. The molecule has 16 heteroatoms. The van der Waals surface area contributed by atoms with Gasteiger partial charge in [0.1, 0.15) is 18.1 Å². The molecule has 1 aliphatic heterocycles. The van der Waals surface area contributed by atoms with E-state index < -0.39 is 84.8 Å². The van der Waals surface area contributed by atoms with Crippen molar-refractivity contribution in [2.75, 3.05) is 19.6 Å². The molecule has 0 aromatic rings. The highest BCUT2D eigenvalue weighted by atomic mass is 16.4. The zero-order chi connectivity index (χ0) is 32.0. The van der Waals surface area contributed by atoms with Gasteiger partial charge in [-0.05, 0) is 37.5 Å². The first-order valence-corrected chi connectivity index (χ1v) is 14.0. The third-order valence-corrected chi connectivity index (χ3v) is 6.28. The van der Waals surface area contributed by atoms with Crippen molar-refractivity contribution < 1.29 is 43.8 Å². The molecule has 238 valence electrons. The molecular weight excluding hydrogens is 554 g/mol. The highest BCUT2D eigenvalue weighted by Gasteiger charge is 2.30. The van der Waals surface area contributed by atoms with Gasteiger partial charge in [0.15, 0.2) is 0 Å². The first kappa shape index (κ1) is 36.2. The van der Waals surface area contributed by atoms with E-state index in [4.69, 9.17) is 5.73 Å². The van der Waals surface area contributed by atoms with Crippen molar-refractivity contribution in [3.05, 3.63) is 0 Å². The van der Waals surface area contributed by atoms with E-state index in [-0.39, 0.29) is 50.5 Å². The lowest BCUT2D eigenvalue weighted by atomic mass is 10.0. The molecule has 0 aromatic carbocycles. The highest BCUT2D eigenvalue weighted by Crippen LogP contribution is 2.08. The fourth-order valence-electron chi connectivity index (χ4n) is 4.21. The van der Waals surface area contributed by atoms with Crippen LogP contribution in [0.2, 0.25) is 0 Å². The number of primary amides is 1. The maximum absolute atomic E-state index is 13.1. The van der Waals surface area contributed by atoms with E-state index in [0.29, 0.717) is 0 Å². The summed E-state index contributed by atoms with van der Waals surface area (Å²) < 4.78 is 0. The van der Waals surface area contributed by atoms with Crippen LogP contribution in [-0.2, 0) is 33.6 Å². The van der Waals surface area contributed by atoms with Crippen molar-refractivity contribution >= 4 is 41.4 Å². The molecule has 6 amide bonds. The molecule has 10 N–H and O–H groups in total. The molecule has 0 radical (unpaired) electrons. The third-order valence-electron chi connectivity index (χ3n) is 6.28. The van der Waals surface area contributed by atoms with E-state index >= 15 is 0 Å². The van der Waals surface area contributed by atoms with Gasteiger partial charge in [0.2, 0.25) is 35.4 Å². The van der Waals surface area contributed by atoms with Crippen molar-refractivity contribution in [2.45, 2.75) is 90.1 Å². The largest absolute Gasteiger partial charge is 0.480 e. The summed E-state index contributed by atoms with van der Waals surface area (Å²) >= 11 is 0. The van der Waals surface area contributed by atoms with Crippen LogP contribution in [0.5, 0.6) is 0 Å². The molecule has 0 spiro atoms. The molecule has 0 aliphatic carbocycles. The van der Waals surface area contributed by atoms with E-state index in [1.165, 1.54) is 0 Å². The summed E-state index contributed by atoms with van der Waals surface area (Å²) in [6.45, 7) is 6.45. The van der Waals surface area contributed by atoms with Gasteiger partial charge in [-0.25, -0.2) is 4.79 Å². The van der Waals surface area contributed by atoms with Crippen LogP contribution in [0.25, 0.3) is 0 Å². The van der Waals surface area contributed by atoms with Crippen LogP contribution in [0.1, 0.15) is 59.8 Å². The quantitative estimate of drug-likeness (QED) is 0.0764. The van der Waals surface area contributed by atoms with Gasteiger partial charge in [-0.1, -0.05) is 27.7 Å². The Morgan fingerprint density at radius 3 is 1.86 bits per heavy atom. The van der Waals surface area contributed by atoms with Crippen LogP contribution in [0.4, 0.5) is 0 Å². The molecule has 5 atom stereocenters. The molecule has 1 heterocycles. The second-order valence-electron chi connectivity index (χ2n) is 11.2. The number of carboxylic acids is 1. The Morgan fingerprint density at radius 1 is 0.810 bits per heavy atom. The number of aliphatic carboxylic acids is 1. The standard InChI is InChI=1S/C26H45N7O9/c1-13(2)7-18(24(39)30-12-22(37)32-19(26(41)42)8-14(3)4)33-25(40)16(5-6-20(27)35)31-21(36)11-29-23(38)17-9-15(34)10-28-17/h13-19,28,34H,5-12H2,1-4H3,(H2,27,35)(H,29,38)(H,30,39)(H,31,36)(H,32,37)(H,33,40)(H,41,42)/t15-,16+,17+,18+,19?/m0/s1. The summed E-state index contributed by atoms with van der Waals surface area (Å²) in [6, 6.07) is -4.18. The van der Waals surface area contributed by atoms with E-state index in [9.17, 15) is 43.8 Å². The maximum Gasteiger partial charge on any atom is 0.326 e. The highest BCUT2D eigenvalue weighted by molar-refractivity contribution is 5.95. The van der Waals surface area contributed by atoms with E-state index in [0.717, 1.165) is 0 Å². The number of aliphatic hydroxyl groups excluding tert-OH is 1. The molecule has 1 fully saturated rings. The van der Waals surface area contributed by atoms with Crippen LogP contribution in [0.15, 0.2) is 0 Å². The van der Waals surface area contributed by atoms with Crippen LogP contribution < -0.4 is 37.6 Å². The predicted molar refractivity (Wildman–Crippen MR) is 149 cm³/mol. The molecule has 1 saturated heterocycles. The Kier molecular flexibility index (Phi) is 15.4. The average molecular weight is 600 g/mol. The molecular formula is C26H45N7O9. The van der Waals surface area contributed by atoms with Gasteiger partial charge >= 0.3 is 5.97 Å². The number of carbonyl (C=O) groups is 7. The summed E-state index contributed by atoms with van der Waals surface area (Å²) in [5.74, 6) is -5.45. The van der Waals surface area contributed by atoms with E-state index in [1.54, 1.807) is 27.7 Å². The van der Waals surface area contributed by atoms with Crippen molar-refractivity contribution in [3.63, 3.8) is 0 Å². The number of hydrogen-bond acceptors (Lipinski definition) is 9. The number of amides is 6. The lowest BCUT2D eigenvalue weighted by molar-refractivity contribution is -0.142. The molecule has 16 nitrogen and oxygen atoms in total. The van der Waals surface area contributed by atoms with E-state index in [1.807, 2.05) is 0 Å². The zero-order valence-corrected chi connectivity index (χ0v) is 24.5. The summed E-state index contributed by atoms with van der Waals surface area (Å²) in [5, 5.41) is 33.8. The minimum absolute atomic E-state index is 0.00391. The second kappa shape index (κ2) is 17.9. The lowest BCUT2D eigenvalue weighted by Gasteiger charge is -2.24. The van der Waals surface area contributed by atoms with Gasteiger partial charge in [-0.3, -0.25) is 28.8 Å². The number of β-amino-alcohol motifs (C(OH)–C–C–N with tert-alkyl or cyclic N) is 1. The zero-order valence-electron chi connectivity index (χ0n) is 24.5. The number of hydrogen-bond donors (Lipinski definition) is 9. The second-order valence-corrected chi connectivity index (χ2v) is 11.2. The normalized spacial score (nSPS) is 18.5. The van der Waals surface area contributed by atoms with Gasteiger partial charge in [0.25, 0.3) is 0 Å². The Labute approximate surface area is 244 Å². The SMILES string of the molecule is CC(C)CC(NC(=O)CNC(=O)[C@@H](CC(C)C)NC(=O)[C@@H](CCC(N)=O)NC(=O)CNC(=O)[C@H]1C[C@H](O)CN1)C(=O)O. The minimum atomic E-state index is -1.27. The first-order valence-electron chi connectivity index (χ1n) is 14.0. The number of carboxylic acid groups (broad SMARTS) is 1. The minimum Gasteiger partial charge on any atom is -0.480 e. The van der Waals surface area contributed by atoms with Crippen LogP contribution >= 0.6 is 0 Å². The van der Waals surface area contributed by atoms with Crippen LogP contribution in [0, 0.1) is 11.8 Å². The fourth-order valence-corrected chi connectivity index (χ4v) is 4.21. The maximum atomic E-state index is 13.1. The fraction of sp³-hybridized carbons (Fsp3) is 0.731. The number of nitrogens with two attached hydrogens (primary N) is 1. The van der Waals surface area contributed by atoms with Gasteiger partial charge in [-0.2, -0.15) is 0 Å².